The number of aliphatic hydroxyl groups is 1. The number of para-hydroxylation sites is 1. The van der Waals surface area contributed by atoms with Gasteiger partial charge in [-0.05, 0) is 17.2 Å². The maximum atomic E-state index is 10.0. The molecule has 2 aromatic rings. The SMILES string of the molecule is COc1ccccc1C[C@H](O)COCc1ccccc1. The van der Waals surface area contributed by atoms with Crippen molar-refractivity contribution in [3.05, 3.63) is 65.7 Å². The van der Waals surface area contributed by atoms with Crippen molar-refractivity contribution in [2.75, 3.05) is 13.7 Å². The summed E-state index contributed by atoms with van der Waals surface area (Å²) < 4.78 is 10.8. The first-order valence-corrected chi connectivity index (χ1v) is 6.71. The topological polar surface area (TPSA) is 38.7 Å². The van der Waals surface area contributed by atoms with E-state index < -0.39 is 6.10 Å². The van der Waals surface area contributed by atoms with Crippen molar-refractivity contribution in [3.8, 4) is 5.75 Å². The van der Waals surface area contributed by atoms with Crippen LogP contribution < -0.4 is 4.74 Å². The van der Waals surface area contributed by atoms with E-state index in [2.05, 4.69) is 0 Å². The van der Waals surface area contributed by atoms with Crippen LogP contribution in [0.1, 0.15) is 11.1 Å². The zero-order valence-electron chi connectivity index (χ0n) is 11.7. The van der Waals surface area contributed by atoms with Crippen LogP contribution in [0.5, 0.6) is 5.75 Å². The van der Waals surface area contributed by atoms with Gasteiger partial charge in [0, 0.05) is 6.42 Å². The summed E-state index contributed by atoms with van der Waals surface area (Å²) in [6.45, 7) is 0.830. The van der Waals surface area contributed by atoms with E-state index in [9.17, 15) is 5.11 Å². The highest BCUT2D eigenvalue weighted by molar-refractivity contribution is 5.33. The maximum absolute atomic E-state index is 10.0. The van der Waals surface area contributed by atoms with Gasteiger partial charge in [-0.2, -0.15) is 0 Å². The lowest BCUT2D eigenvalue weighted by molar-refractivity contribution is 0.0286. The molecule has 0 heterocycles. The fraction of sp³-hybridized carbons (Fsp3) is 0.294. The minimum atomic E-state index is -0.532. The Balaban J connectivity index is 1.79. The van der Waals surface area contributed by atoms with Crippen molar-refractivity contribution >= 4 is 0 Å². The van der Waals surface area contributed by atoms with Crippen LogP contribution in [0.3, 0.4) is 0 Å². The lowest BCUT2D eigenvalue weighted by atomic mass is 10.1. The third-order valence-electron chi connectivity index (χ3n) is 3.07. The highest BCUT2D eigenvalue weighted by Gasteiger charge is 2.09. The van der Waals surface area contributed by atoms with Crippen molar-refractivity contribution < 1.29 is 14.6 Å². The molecule has 0 fully saturated rings. The number of methoxy groups -OCH3 is 1. The second kappa shape index (κ2) is 7.68. The van der Waals surface area contributed by atoms with Gasteiger partial charge in [0.15, 0.2) is 0 Å². The lowest BCUT2D eigenvalue weighted by Crippen LogP contribution is -2.18. The van der Waals surface area contributed by atoms with Crippen LogP contribution in [-0.2, 0) is 17.8 Å². The fourth-order valence-corrected chi connectivity index (χ4v) is 2.07. The van der Waals surface area contributed by atoms with E-state index in [0.29, 0.717) is 19.6 Å². The number of rotatable bonds is 7. The van der Waals surface area contributed by atoms with Gasteiger partial charge in [-0.15, -0.1) is 0 Å². The molecule has 1 atom stereocenters. The quantitative estimate of drug-likeness (QED) is 0.842. The first-order valence-electron chi connectivity index (χ1n) is 6.71. The van der Waals surface area contributed by atoms with Gasteiger partial charge >= 0.3 is 0 Å². The van der Waals surface area contributed by atoms with Crippen LogP contribution in [0, 0.1) is 0 Å². The molecule has 0 amide bonds. The lowest BCUT2D eigenvalue weighted by Gasteiger charge is -2.13. The standard InChI is InChI=1S/C17H20O3/c1-19-17-10-6-5-9-15(17)11-16(18)13-20-12-14-7-3-2-4-8-14/h2-10,16,18H,11-13H2,1H3/t16-/m0/s1. The van der Waals surface area contributed by atoms with Crippen LogP contribution in [-0.4, -0.2) is 24.9 Å². The number of hydrogen-bond donors (Lipinski definition) is 1. The van der Waals surface area contributed by atoms with Crippen LogP contribution in [0.4, 0.5) is 0 Å². The van der Waals surface area contributed by atoms with Crippen molar-refractivity contribution in [2.45, 2.75) is 19.1 Å². The van der Waals surface area contributed by atoms with E-state index in [1.807, 2.05) is 54.6 Å². The Hall–Kier alpha value is -1.84. The molecule has 106 valence electrons. The first-order chi connectivity index (χ1) is 9.79. The second-order valence-electron chi connectivity index (χ2n) is 4.67. The largest absolute Gasteiger partial charge is 0.496 e. The van der Waals surface area contributed by atoms with Gasteiger partial charge < -0.3 is 14.6 Å². The molecule has 3 nitrogen and oxygen atoms in total. The van der Waals surface area contributed by atoms with E-state index in [1.54, 1.807) is 7.11 Å². The molecule has 0 radical (unpaired) electrons. The number of benzene rings is 2. The van der Waals surface area contributed by atoms with Crippen molar-refractivity contribution in [1.29, 1.82) is 0 Å². The Morgan fingerprint density at radius 3 is 2.45 bits per heavy atom. The highest BCUT2D eigenvalue weighted by atomic mass is 16.5. The van der Waals surface area contributed by atoms with Gasteiger partial charge in [-0.3, -0.25) is 0 Å². The first kappa shape index (κ1) is 14.6. The number of ether oxygens (including phenoxy) is 2. The molecule has 0 spiro atoms. The minimum Gasteiger partial charge on any atom is -0.496 e. The van der Waals surface area contributed by atoms with Gasteiger partial charge in [0.05, 0.1) is 26.4 Å². The molecule has 2 rings (SSSR count). The van der Waals surface area contributed by atoms with Crippen LogP contribution >= 0.6 is 0 Å². The molecule has 3 heteroatoms. The highest BCUT2D eigenvalue weighted by Crippen LogP contribution is 2.19. The Morgan fingerprint density at radius 2 is 1.70 bits per heavy atom. The smallest absolute Gasteiger partial charge is 0.122 e. The summed E-state index contributed by atoms with van der Waals surface area (Å²) in [5.41, 5.74) is 2.10. The van der Waals surface area contributed by atoms with Crippen LogP contribution in [0.15, 0.2) is 54.6 Å². The zero-order valence-corrected chi connectivity index (χ0v) is 11.7. The molecule has 0 aliphatic carbocycles. The van der Waals surface area contributed by atoms with Gasteiger partial charge in [0.2, 0.25) is 0 Å². The van der Waals surface area contributed by atoms with Crippen molar-refractivity contribution in [2.24, 2.45) is 0 Å². The fourth-order valence-electron chi connectivity index (χ4n) is 2.07. The Morgan fingerprint density at radius 1 is 1.00 bits per heavy atom. The van der Waals surface area contributed by atoms with Gasteiger partial charge in [0.1, 0.15) is 5.75 Å². The third-order valence-corrected chi connectivity index (χ3v) is 3.07. The van der Waals surface area contributed by atoms with Crippen molar-refractivity contribution in [3.63, 3.8) is 0 Å². The molecule has 0 unspecified atom stereocenters. The molecule has 0 saturated carbocycles. The average Bonchev–Trinajstić information content (AvgIpc) is 2.49. The van der Waals surface area contributed by atoms with Crippen LogP contribution in [0.25, 0.3) is 0 Å². The van der Waals surface area contributed by atoms with E-state index in [-0.39, 0.29) is 0 Å². The van der Waals surface area contributed by atoms with Gasteiger partial charge in [-0.25, -0.2) is 0 Å². The summed E-state index contributed by atoms with van der Waals surface area (Å²) in [7, 11) is 1.64. The Bertz CT molecular complexity index is 511. The maximum Gasteiger partial charge on any atom is 0.122 e. The minimum absolute atomic E-state index is 0.312. The second-order valence-corrected chi connectivity index (χ2v) is 4.67. The summed E-state index contributed by atoms with van der Waals surface area (Å²) in [5, 5.41) is 10.0. The predicted molar refractivity (Wildman–Crippen MR) is 78.8 cm³/mol. The van der Waals surface area contributed by atoms with E-state index in [4.69, 9.17) is 9.47 Å². The molecule has 0 aliphatic rings. The average molecular weight is 272 g/mol. The predicted octanol–water partition coefficient (Wildman–Crippen LogP) is 2.82. The Labute approximate surface area is 119 Å². The van der Waals surface area contributed by atoms with Gasteiger partial charge in [-0.1, -0.05) is 48.5 Å². The molecule has 0 saturated heterocycles. The van der Waals surface area contributed by atoms with E-state index in [0.717, 1.165) is 16.9 Å². The molecule has 20 heavy (non-hydrogen) atoms. The van der Waals surface area contributed by atoms with Gasteiger partial charge in [0.25, 0.3) is 0 Å². The number of aliphatic hydroxyl groups excluding tert-OH is 1. The number of hydrogen-bond acceptors (Lipinski definition) is 3. The van der Waals surface area contributed by atoms with Crippen LogP contribution in [0.2, 0.25) is 0 Å². The molecular formula is C17H20O3. The summed E-state index contributed by atoms with van der Waals surface area (Å²) in [5.74, 6) is 0.801. The van der Waals surface area contributed by atoms with Crippen molar-refractivity contribution in [1.82, 2.24) is 0 Å². The van der Waals surface area contributed by atoms with E-state index >= 15 is 0 Å². The molecule has 1 N–H and O–H groups in total. The zero-order chi connectivity index (χ0) is 14.2. The normalized spacial score (nSPS) is 12.1. The summed E-state index contributed by atoms with van der Waals surface area (Å²) in [6.07, 6.45) is -0.00581. The Kier molecular flexibility index (Phi) is 5.59. The summed E-state index contributed by atoms with van der Waals surface area (Å²) >= 11 is 0. The molecule has 0 bridgehead atoms. The summed E-state index contributed by atoms with van der Waals surface area (Å²) in [6, 6.07) is 17.6. The molecule has 0 aromatic heterocycles. The molecule has 2 aromatic carbocycles. The van der Waals surface area contributed by atoms with E-state index in [1.165, 1.54) is 0 Å². The monoisotopic (exact) mass is 272 g/mol. The molecule has 0 aliphatic heterocycles. The summed E-state index contributed by atoms with van der Waals surface area (Å²) in [4.78, 5) is 0. The molecular weight excluding hydrogens is 252 g/mol. The third kappa shape index (κ3) is 4.37.